The Kier molecular flexibility index (Phi) is 4.80. The molecule has 0 bridgehead atoms. The standard InChI is InChI=1S/C11H16N2O4S/c1-3-6-9(2)12-18(16,17)11-8-5-4-7-10(11)13(14)15/h4-5,7-9,12H,3,6H2,1-2H3/t9-/m0/s1. The highest BCUT2D eigenvalue weighted by Crippen LogP contribution is 2.23. The molecule has 0 heterocycles. The molecule has 0 fully saturated rings. The summed E-state index contributed by atoms with van der Waals surface area (Å²) >= 11 is 0. The van der Waals surface area contributed by atoms with Crippen LogP contribution in [0.2, 0.25) is 0 Å². The third kappa shape index (κ3) is 3.51. The fourth-order valence-electron chi connectivity index (χ4n) is 1.66. The molecule has 1 rings (SSSR count). The Labute approximate surface area is 106 Å². The zero-order chi connectivity index (χ0) is 13.8. The number of hydrogen-bond acceptors (Lipinski definition) is 4. The largest absolute Gasteiger partial charge is 0.289 e. The van der Waals surface area contributed by atoms with Gasteiger partial charge in [-0.1, -0.05) is 25.5 Å². The number of nitro groups is 1. The summed E-state index contributed by atoms with van der Waals surface area (Å²) in [5.74, 6) is 0. The fourth-order valence-corrected chi connectivity index (χ4v) is 3.11. The predicted octanol–water partition coefficient (Wildman–Crippen LogP) is 2.06. The first kappa shape index (κ1) is 14.6. The second kappa shape index (κ2) is 5.92. The Bertz CT molecular complexity index is 528. The van der Waals surface area contributed by atoms with Gasteiger partial charge in [0.05, 0.1) is 4.92 Å². The van der Waals surface area contributed by atoms with Gasteiger partial charge >= 0.3 is 0 Å². The van der Waals surface area contributed by atoms with Gasteiger partial charge in [0.25, 0.3) is 5.69 Å². The minimum Gasteiger partial charge on any atom is -0.258 e. The van der Waals surface area contributed by atoms with Gasteiger partial charge in [0, 0.05) is 12.1 Å². The molecule has 7 heteroatoms. The maximum absolute atomic E-state index is 12.0. The van der Waals surface area contributed by atoms with Gasteiger partial charge in [-0.3, -0.25) is 10.1 Å². The van der Waals surface area contributed by atoms with E-state index in [0.717, 1.165) is 6.42 Å². The van der Waals surface area contributed by atoms with E-state index in [9.17, 15) is 18.5 Å². The summed E-state index contributed by atoms with van der Waals surface area (Å²) in [4.78, 5) is 9.80. The van der Waals surface area contributed by atoms with Crippen LogP contribution in [0.5, 0.6) is 0 Å². The number of benzene rings is 1. The monoisotopic (exact) mass is 272 g/mol. The summed E-state index contributed by atoms with van der Waals surface area (Å²) in [6.45, 7) is 3.67. The van der Waals surface area contributed by atoms with Crippen LogP contribution in [-0.4, -0.2) is 19.4 Å². The lowest BCUT2D eigenvalue weighted by Gasteiger charge is -2.13. The van der Waals surface area contributed by atoms with Gasteiger partial charge in [0.1, 0.15) is 0 Å². The average Bonchev–Trinajstić information content (AvgIpc) is 2.28. The van der Waals surface area contributed by atoms with Crippen LogP contribution in [0.15, 0.2) is 29.2 Å². The maximum atomic E-state index is 12.0. The minimum atomic E-state index is -3.85. The topological polar surface area (TPSA) is 89.3 Å². The van der Waals surface area contributed by atoms with E-state index in [0.29, 0.717) is 6.42 Å². The number of para-hydroxylation sites is 1. The Morgan fingerprint density at radius 2 is 2.00 bits per heavy atom. The van der Waals surface area contributed by atoms with Crippen molar-refractivity contribution in [1.82, 2.24) is 4.72 Å². The van der Waals surface area contributed by atoms with E-state index in [1.807, 2.05) is 6.92 Å². The Balaban J connectivity index is 3.09. The molecule has 0 aliphatic heterocycles. The lowest BCUT2D eigenvalue weighted by molar-refractivity contribution is -0.387. The molecule has 1 N–H and O–H groups in total. The molecule has 0 aliphatic carbocycles. The van der Waals surface area contributed by atoms with E-state index in [1.54, 1.807) is 6.92 Å². The highest BCUT2D eigenvalue weighted by Gasteiger charge is 2.25. The quantitative estimate of drug-likeness (QED) is 0.634. The van der Waals surface area contributed by atoms with Gasteiger partial charge < -0.3 is 0 Å². The normalized spacial score (nSPS) is 13.2. The molecule has 1 aromatic rings. The van der Waals surface area contributed by atoms with Crippen molar-refractivity contribution in [3.63, 3.8) is 0 Å². The molecule has 0 unspecified atom stereocenters. The van der Waals surface area contributed by atoms with Crippen LogP contribution in [0.1, 0.15) is 26.7 Å². The van der Waals surface area contributed by atoms with Gasteiger partial charge in [0.2, 0.25) is 10.0 Å². The van der Waals surface area contributed by atoms with E-state index in [-0.39, 0.29) is 10.9 Å². The smallest absolute Gasteiger partial charge is 0.258 e. The lowest BCUT2D eigenvalue weighted by atomic mass is 10.2. The first-order valence-corrected chi connectivity index (χ1v) is 7.12. The third-order valence-corrected chi connectivity index (χ3v) is 4.07. The molecule has 0 amide bonds. The number of hydrogen-bond donors (Lipinski definition) is 1. The van der Waals surface area contributed by atoms with Gasteiger partial charge in [-0.05, 0) is 19.4 Å². The van der Waals surface area contributed by atoms with Crippen molar-refractivity contribution >= 4 is 15.7 Å². The Morgan fingerprint density at radius 1 is 1.39 bits per heavy atom. The Morgan fingerprint density at radius 3 is 2.56 bits per heavy atom. The summed E-state index contributed by atoms with van der Waals surface area (Å²) in [6, 6.07) is 5.07. The molecule has 0 aromatic heterocycles. The van der Waals surface area contributed by atoms with Crippen molar-refractivity contribution in [3.8, 4) is 0 Å². The highest BCUT2D eigenvalue weighted by atomic mass is 32.2. The summed E-state index contributed by atoms with van der Waals surface area (Å²) in [5.41, 5.74) is -0.409. The maximum Gasteiger partial charge on any atom is 0.289 e. The highest BCUT2D eigenvalue weighted by molar-refractivity contribution is 7.89. The van der Waals surface area contributed by atoms with E-state index in [1.165, 1.54) is 24.3 Å². The molecule has 18 heavy (non-hydrogen) atoms. The molecule has 100 valence electrons. The predicted molar refractivity (Wildman–Crippen MR) is 67.8 cm³/mol. The van der Waals surface area contributed by atoms with Crippen LogP contribution in [0.4, 0.5) is 5.69 Å². The second-order valence-electron chi connectivity index (χ2n) is 4.04. The molecule has 6 nitrogen and oxygen atoms in total. The van der Waals surface area contributed by atoms with Crippen molar-refractivity contribution in [2.24, 2.45) is 0 Å². The van der Waals surface area contributed by atoms with Crippen molar-refractivity contribution in [2.75, 3.05) is 0 Å². The number of nitro benzene ring substituents is 1. The molecular formula is C11H16N2O4S. The van der Waals surface area contributed by atoms with Crippen molar-refractivity contribution < 1.29 is 13.3 Å². The van der Waals surface area contributed by atoms with Crippen LogP contribution >= 0.6 is 0 Å². The van der Waals surface area contributed by atoms with Crippen molar-refractivity contribution in [2.45, 2.75) is 37.6 Å². The van der Waals surface area contributed by atoms with Crippen molar-refractivity contribution in [3.05, 3.63) is 34.4 Å². The number of nitrogens with one attached hydrogen (secondary N) is 1. The van der Waals surface area contributed by atoms with Crippen LogP contribution in [0.25, 0.3) is 0 Å². The molecule has 0 spiro atoms. The number of sulfonamides is 1. The van der Waals surface area contributed by atoms with E-state index < -0.39 is 20.6 Å². The van der Waals surface area contributed by atoms with Gasteiger partial charge in [0.15, 0.2) is 4.90 Å². The number of nitrogens with zero attached hydrogens (tertiary/aromatic N) is 1. The summed E-state index contributed by atoms with van der Waals surface area (Å²) in [5, 5.41) is 10.8. The Hall–Kier alpha value is -1.47. The zero-order valence-electron chi connectivity index (χ0n) is 10.3. The number of rotatable bonds is 6. The van der Waals surface area contributed by atoms with Crippen LogP contribution < -0.4 is 4.72 Å². The molecule has 0 radical (unpaired) electrons. The molecule has 0 aliphatic rings. The first-order chi connectivity index (χ1) is 8.38. The molecule has 1 aromatic carbocycles. The average molecular weight is 272 g/mol. The van der Waals surface area contributed by atoms with Crippen LogP contribution in [0, 0.1) is 10.1 Å². The first-order valence-electron chi connectivity index (χ1n) is 5.64. The molecular weight excluding hydrogens is 256 g/mol. The fraction of sp³-hybridized carbons (Fsp3) is 0.455. The summed E-state index contributed by atoms with van der Waals surface area (Å²) in [6.07, 6.45) is 1.51. The minimum absolute atomic E-state index is 0.250. The van der Waals surface area contributed by atoms with Gasteiger partial charge in [-0.2, -0.15) is 0 Å². The van der Waals surface area contributed by atoms with Crippen molar-refractivity contribution in [1.29, 1.82) is 0 Å². The molecule has 0 saturated heterocycles. The van der Waals surface area contributed by atoms with E-state index >= 15 is 0 Å². The third-order valence-electron chi connectivity index (χ3n) is 2.43. The van der Waals surface area contributed by atoms with Gasteiger partial charge in [-0.15, -0.1) is 0 Å². The second-order valence-corrected chi connectivity index (χ2v) is 5.72. The summed E-state index contributed by atoms with van der Waals surface area (Å²) < 4.78 is 26.5. The van der Waals surface area contributed by atoms with E-state index in [2.05, 4.69) is 4.72 Å². The lowest BCUT2D eigenvalue weighted by Crippen LogP contribution is -2.32. The summed E-state index contributed by atoms with van der Waals surface area (Å²) in [7, 11) is -3.85. The van der Waals surface area contributed by atoms with E-state index in [4.69, 9.17) is 0 Å². The zero-order valence-corrected chi connectivity index (χ0v) is 11.1. The SMILES string of the molecule is CCC[C@H](C)NS(=O)(=O)c1ccccc1[N+](=O)[O-]. The van der Waals surface area contributed by atoms with Gasteiger partial charge in [-0.25, -0.2) is 13.1 Å². The molecule has 1 atom stereocenters. The van der Waals surface area contributed by atoms with Crippen LogP contribution in [-0.2, 0) is 10.0 Å². The molecule has 0 saturated carbocycles. The van der Waals surface area contributed by atoms with Crippen LogP contribution in [0.3, 0.4) is 0 Å².